The minimum absolute atomic E-state index is 0.0593. The highest BCUT2D eigenvalue weighted by molar-refractivity contribution is 7.08. The standard InChI is InChI=1S/C18H17N5O2S/c24-17(13-3-5-26-11-13)22-14-6-16-15(9-21-23(16)10-14)18(25)20-8-12-2-1-4-19-7-12/h1-5,7,9,11,14H,6,8,10H2,(H,20,25)(H,22,24)/t14-/m0/s1. The summed E-state index contributed by atoms with van der Waals surface area (Å²) in [5.41, 5.74) is 3.00. The lowest BCUT2D eigenvalue weighted by Gasteiger charge is -2.11. The van der Waals surface area contributed by atoms with Crippen LogP contribution in [0, 0.1) is 0 Å². The van der Waals surface area contributed by atoms with E-state index in [1.807, 2.05) is 22.9 Å². The van der Waals surface area contributed by atoms with E-state index in [1.54, 1.807) is 29.3 Å². The maximum atomic E-state index is 12.5. The number of thiophene rings is 1. The van der Waals surface area contributed by atoms with E-state index in [2.05, 4.69) is 20.7 Å². The average Bonchev–Trinajstić information content (AvgIpc) is 3.37. The van der Waals surface area contributed by atoms with Crippen LogP contribution in [0.5, 0.6) is 0 Å². The molecule has 1 atom stereocenters. The third-order valence-electron chi connectivity index (χ3n) is 4.32. The van der Waals surface area contributed by atoms with Crippen molar-refractivity contribution in [1.29, 1.82) is 0 Å². The number of carbonyl (C=O) groups is 2. The molecule has 3 aromatic rings. The van der Waals surface area contributed by atoms with Gasteiger partial charge in [0.2, 0.25) is 0 Å². The Labute approximate surface area is 154 Å². The zero-order valence-corrected chi connectivity index (χ0v) is 14.7. The fraction of sp³-hybridized carbons (Fsp3) is 0.222. The molecule has 0 saturated carbocycles. The van der Waals surface area contributed by atoms with Crippen LogP contribution in [0.25, 0.3) is 0 Å². The Bertz CT molecular complexity index is 920. The molecule has 4 rings (SSSR count). The fourth-order valence-corrected chi connectivity index (χ4v) is 3.65. The third kappa shape index (κ3) is 3.36. The Balaban J connectivity index is 1.38. The molecule has 0 spiro atoms. The molecule has 26 heavy (non-hydrogen) atoms. The zero-order valence-electron chi connectivity index (χ0n) is 13.9. The molecule has 0 radical (unpaired) electrons. The van der Waals surface area contributed by atoms with Gasteiger partial charge in [0.25, 0.3) is 11.8 Å². The summed E-state index contributed by atoms with van der Waals surface area (Å²) in [6.45, 7) is 0.983. The van der Waals surface area contributed by atoms with E-state index < -0.39 is 0 Å². The van der Waals surface area contributed by atoms with Crippen LogP contribution in [0.4, 0.5) is 0 Å². The summed E-state index contributed by atoms with van der Waals surface area (Å²) >= 11 is 1.49. The second-order valence-corrected chi connectivity index (χ2v) is 6.90. The Morgan fingerprint density at radius 1 is 1.27 bits per heavy atom. The van der Waals surface area contributed by atoms with Gasteiger partial charge in [-0.05, 0) is 23.1 Å². The Morgan fingerprint density at radius 2 is 2.19 bits per heavy atom. The lowest BCUT2D eigenvalue weighted by atomic mass is 10.1. The molecule has 0 aromatic carbocycles. The highest BCUT2D eigenvalue weighted by atomic mass is 32.1. The van der Waals surface area contributed by atoms with Crippen LogP contribution in [-0.4, -0.2) is 32.6 Å². The molecular formula is C18H17N5O2S. The van der Waals surface area contributed by atoms with Crippen LogP contribution < -0.4 is 10.6 Å². The van der Waals surface area contributed by atoms with Crippen molar-refractivity contribution in [2.45, 2.75) is 25.6 Å². The molecule has 0 aliphatic carbocycles. The molecule has 1 aliphatic heterocycles. The van der Waals surface area contributed by atoms with E-state index >= 15 is 0 Å². The van der Waals surface area contributed by atoms with Crippen LogP contribution in [0.15, 0.2) is 47.5 Å². The molecule has 0 fully saturated rings. The van der Waals surface area contributed by atoms with Gasteiger partial charge in [-0.2, -0.15) is 16.4 Å². The second-order valence-electron chi connectivity index (χ2n) is 6.12. The molecule has 8 heteroatoms. The van der Waals surface area contributed by atoms with Crippen LogP contribution in [0.3, 0.4) is 0 Å². The van der Waals surface area contributed by atoms with Crippen molar-refractivity contribution in [3.05, 3.63) is 69.9 Å². The summed E-state index contributed by atoms with van der Waals surface area (Å²) in [5.74, 6) is -0.260. The van der Waals surface area contributed by atoms with Gasteiger partial charge >= 0.3 is 0 Å². The largest absolute Gasteiger partial charge is 0.348 e. The Kier molecular flexibility index (Phi) is 4.49. The number of nitrogens with one attached hydrogen (secondary N) is 2. The first-order valence-electron chi connectivity index (χ1n) is 8.25. The number of hydrogen-bond acceptors (Lipinski definition) is 5. The zero-order chi connectivity index (χ0) is 17.9. The van der Waals surface area contributed by atoms with Crippen molar-refractivity contribution >= 4 is 23.2 Å². The van der Waals surface area contributed by atoms with Crippen LogP contribution in [0.1, 0.15) is 32.0 Å². The predicted molar refractivity (Wildman–Crippen MR) is 96.9 cm³/mol. The van der Waals surface area contributed by atoms with Gasteiger partial charge in [0.05, 0.1) is 30.0 Å². The van der Waals surface area contributed by atoms with Gasteiger partial charge in [-0.3, -0.25) is 19.3 Å². The quantitative estimate of drug-likeness (QED) is 0.717. The first-order chi connectivity index (χ1) is 12.7. The average molecular weight is 367 g/mol. The molecule has 2 N–H and O–H groups in total. The van der Waals surface area contributed by atoms with Crippen LogP contribution >= 0.6 is 11.3 Å². The molecule has 2 amide bonds. The number of amides is 2. The fourth-order valence-electron chi connectivity index (χ4n) is 3.02. The van der Waals surface area contributed by atoms with Crippen molar-refractivity contribution in [1.82, 2.24) is 25.4 Å². The molecule has 1 aliphatic rings. The molecule has 132 valence electrons. The summed E-state index contributed by atoms with van der Waals surface area (Å²) in [7, 11) is 0. The van der Waals surface area contributed by atoms with E-state index in [0.717, 1.165) is 11.3 Å². The van der Waals surface area contributed by atoms with E-state index in [9.17, 15) is 9.59 Å². The summed E-state index contributed by atoms with van der Waals surface area (Å²) in [6, 6.07) is 5.48. The maximum absolute atomic E-state index is 12.5. The van der Waals surface area contributed by atoms with E-state index in [0.29, 0.717) is 30.6 Å². The SMILES string of the molecule is O=C(N[C@H]1Cc2c(C(=O)NCc3cccnc3)cnn2C1)c1ccsc1. The number of carbonyl (C=O) groups excluding carboxylic acids is 2. The van der Waals surface area contributed by atoms with E-state index in [1.165, 1.54) is 11.3 Å². The molecule has 0 bridgehead atoms. The Morgan fingerprint density at radius 3 is 2.96 bits per heavy atom. The minimum Gasteiger partial charge on any atom is -0.348 e. The van der Waals surface area contributed by atoms with Crippen molar-refractivity contribution in [3.63, 3.8) is 0 Å². The van der Waals surface area contributed by atoms with Gasteiger partial charge < -0.3 is 10.6 Å². The molecule has 3 aromatic heterocycles. The van der Waals surface area contributed by atoms with Crippen LogP contribution in [-0.2, 0) is 19.5 Å². The number of fused-ring (bicyclic) bond motifs is 1. The summed E-state index contributed by atoms with van der Waals surface area (Å²) < 4.78 is 1.79. The predicted octanol–water partition coefficient (Wildman–Crippen LogP) is 1.62. The molecule has 0 saturated heterocycles. The summed E-state index contributed by atoms with van der Waals surface area (Å²) in [6.07, 6.45) is 5.59. The first kappa shape index (κ1) is 16.5. The van der Waals surface area contributed by atoms with E-state index in [4.69, 9.17) is 0 Å². The van der Waals surface area contributed by atoms with Crippen molar-refractivity contribution < 1.29 is 9.59 Å². The van der Waals surface area contributed by atoms with Crippen LogP contribution in [0.2, 0.25) is 0 Å². The number of aromatic nitrogens is 3. The minimum atomic E-state index is -0.167. The number of rotatable bonds is 5. The number of hydrogen-bond donors (Lipinski definition) is 2. The normalized spacial score (nSPS) is 15.5. The Hall–Kier alpha value is -3.00. The highest BCUT2D eigenvalue weighted by Gasteiger charge is 2.29. The molecular weight excluding hydrogens is 350 g/mol. The maximum Gasteiger partial charge on any atom is 0.255 e. The van der Waals surface area contributed by atoms with E-state index in [-0.39, 0.29) is 17.9 Å². The van der Waals surface area contributed by atoms with Gasteiger partial charge in [0.1, 0.15) is 0 Å². The lowest BCUT2D eigenvalue weighted by molar-refractivity contribution is 0.0935. The highest BCUT2D eigenvalue weighted by Crippen LogP contribution is 2.19. The molecule has 0 unspecified atom stereocenters. The number of nitrogens with zero attached hydrogens (tertiary/aromatic N) is 3. The second kappa shape index (κ2) is 7.09. The van der Waals surface area contributed by atoms with Crippen molar-refractivity contribution in [3.8, 4) is 0 Å². The van der Waals surface area contributed by atoms with Gasteiger partial charge in [0, 0.05) is 36.3 Å². The molecule has 4 heterocycles. The van der Waals surface area contributed by atoms with Gasteiger partial charge in [-0.1, -0.05) is 6.07 Å². The topological polar surface area (TPSA) is 88.9 Å². The smallest absolute Gasteiger partial charge is 0.255 e. The van der Waals surface area contributed by atoms with Crippen molar-refractivity contribution in [2.75, 3.05) is 0 Å². The van der Waals surface area contributed by atoms with Gasteiger partial charge in [-0.25, -0.2) is 0 Å². The molecule has 7 nitrogen and oxygen atoms in total. The summed E-state index contributed by atoms with van der Waals surface area (Å²) in [4.78, 5) is 28.7. The van der Waals surface area contributed by atoms with Gasteiger partial charge in [0.15, 0.2) is 0 Å². The lowest BCUT2D eigenvalue weighted by Crippen LogP contribution is -2.36. The monoisotopic (exact) mass is 367 g/mol. The third-order valence-corrected chi connectivity index (χ3v) is 5.00. The van der Waals surface area contributed by atoms with Crippen molar-refractivity contribution in [2.24, 2.45) is 0 Å². The van der Waals surface area contributed by atoms with Gasteiger partial charge in [-0.15, -0.1) is 0 Å². The summed E-state index contributed by atoms with van der Waals surface area (Å²) in [5, 5.41) is 13.9. The first-order valence-corrected chi connectivity index (χ1v) is 9.20. The number of pyridine rings is 1.